The van der Waals surface area contributed by atoms with Crippen LogP contribution in [0.1, 0.15) is 75.9 Å². The van der Waals surface area contributed by atoms with E-state index in [4.69, 9.17) is 10.3 Å². The largest absolute Gasteiger partial charge is 0.337 e. The van der Waals surface area contributed by atoms with Crippen molar-refractivity contribution in [3.8, 4) is 0 Å². The summed E-state index contributed by atoms with van der Waals surface area (Å²) in [6.07, 6.45) is 12.4. The summed E-state index contributed by atoms with van der Waals surface area (Å²) in [7, 11) is 0. The molecule has 0 radical (unpaired) electrons. The predicted molar refractivity (Wildman–Crippen MR) is 81.4 cm³/mol. The van der Waals surface area contributed by atoms with Crippen molar-refractivity contribution >= 4 is 11.8 Å². The maximum atomic E-state index is 6.43. The van der Waals surface area contributed by atoms with Crippen molar-refractivity contribution in [2.75, 3.05) is 0 Å². The van der Waals surface area contributed by atoms with Gasteiger partial charge in [0.15, 0.2) is 5.82 Å². The molecule has 1 aromatic rings. The Hall–Kier alpha value is -0.550. The summed E-state index contributed by atoms with van der Waals surface area (Å²) < 4.78 is 5.45. The van der Waals surface area contributed by atoms with Gasteiger partial charge in [0.2, 0.25) is 5.89 Å². The van der Waals surface area contributed by atoms with Crippen LogP contribution in [0.5, 0.6) is 0 Å². The second-order valence-electron chi connectivity index (χ2n) is 6.30. The number of aromatic nitrogens is 2. The van der Waals surface area contributed by atoms with E-state index in [9.17, 15) is 0 Å². The van der Waals surface area contributed by atoms with Crippen molar-refractivity contribution < 1.29 is 4.52 Å². The van der Waals surface area contributed by atoms with Crippen molar-refractivity contribution in [2.24, 2.45) is 5.73 Å². The lowest BCUT2D eigenvalue weighted by atomic mass is 9.82. The standard InChI is InChI=1S/C15H25N3OS/c16-15(9-5-2-6-10-15)14-17-13(18-19-14)11-20-12-7-3-1-4-8-12/h12H,1-11,16H2. The van der Waals surface area contributed by atoms with Gasteiger partial charge in [-0.1, -0.05) is 43.7 Å². The third kappa shape index (κ3) is 3.37. The lowest BCUT2D eigenvalue weighted by Gasteiger charge is -2.29. The monoisotopic (exact) mass is 295 g/mol. The Labute approximate surface area is 125 Å². The van der Waals surface area contributed by atoms with E-state index in [-0.39, 0.29) is 5.54 Å². The maximum Gasteiger partial charge on any atom is 0.246 e. The highest BCUT2D eigenvalue weighted by Gasteiger charge is 2.35. The van der Waals surface area contributed by atoms with Crippen molar-refractivity contribution in [1.29, 1.82) is 0 Å². The lowest BCUT2D eigenvalue weighted by Crippen LogP contribution is -2.39. The topological polar surface area (TPSA) is 64.9 Å². The van der Waals surface area contributed by atoms with Crippen LogP contribution in [0.3, 0.4) is 0 Å². The molecule has 2 aliphatic rings. The molecule has 0 bridgehead atoms. The van der Waals surface area contributed by atoms with Gasteiger partial charge in [0.25, 0.3) is 0 Å². The van der Waals surface area contributed by atoms with E-state index in [0.29, 0.717) is 5.89 Å². The van der Waals surface area contributed by atoms with Gasteiger partial charge < -0.3 is 10.3 Å². The van der Waals surface area contributed by atoms with Gasteiger partial charge in [-0.3, -0.25) is 0 Å². The highest BCUT2D eigenvalue weighted by atomic mass is 32.2. The highest BCUT2D eigenvalue weighted by Crippen LogP contribution is 2.34. The van der Waals surface area contributed by atoms with Crippen LogP contribution < -0.4 is 5.73 Å². The van der Waals surface area contributed by atoms with Crippen LogP contribution in [0, 0.1) is 0 Å². The first-order valence-corrected chi connectivity index (χ1v) is 9.05. The fraction of sp³-hybridized carbons (Fsp3) is 0.867. The number of thioether (sulfide) groups is 1. The van der Waals surface area contributed by atoms with Crippen LogP contribution in [-0.2, 0) is 11.3 Å². The molecule has 4 nitrogen and oxygen atoms in total. The Morgan fingerprint density at radius 1 is 1.10 bits per heavy atom. The summed E-state index contributed by atoms with van der Waals surface area (Å²) in [6, 6.07) is 0. The molecule has 2 aliphatic carbocycles. The van der Waals surface area contributed by atoms with E-state index in [1.165, 1.54) is 51.4 Å². The second kappa shape index (κ2) is 6.48. The first-order valence-electron chi connectivity index (χ1n) is 8.00. The zero-order valence-corrected chi connectivity index (χ0v) is 13.0. The Bertz CT molecular complexity index is 423. The number of rotatable bonds is 4. The van der Waals surface area contributed by atoms with Gasteiger partial charge >= 0.3 is 0 Å². The van der Waals surface area contributed by atoms with E-state index in [2.05, 4.69) is 10.1 Å². The Kier molecular flexibility index (Phi) is 4.66. The lowest BCUT2D eigenvalue weighted by molar-refractivity contribution is 0.219. The SMILES string of the molecule is NC1(c2nc(CSC3CCCCC3)no2)CCCCC1. The zero-order valence-electron chi connectivity index (χ0n) is 12.1. The number of hydrogen-bond acceptors (Lipinski definition) is 5. The molecule has 3 rings (SSSR count). The fourth-order valence-corrected chi connectivity index (χ4v) is 4.50. The third-order valence-corrected chi connectivity index (χ3v) is 6.01. The first-order chi connectivity index (χ1) is 9.76. The molecule has 1 aromatic heterocycles. The average molecular weight is 295 g/mol. The van der Waals surface area contributed by atoms with E-state index in [1.807, 2.05) is 11.8 Å². The van der Waals surface area contributed by atoms with Crippen molar-refractivity contribution in [2.45, 2.75) is 80.7 Å². The molecule has 0 aromatic carbocycles. The van der Waals surface area contributed by atoms with Gasteiger partial charge in [-0.25, -0.2) is 0 Å². The summed E-state index contributed by atoms with van der Waals surface area (Å²) in [6.45, 7) is 0. The summed E-state index contributed by atoms with van der Waals surface area (Å²) in [5, 5.41) is 4.92. The van der Waals surface area contributed by atoms with Gasteiger partial charge in [-0.05, 0) is 25.7 Å². The minimum Gasteiger partial charge on any atom is -0.337 e. The van der Waals surface area contributed by atoms with Crippen LogP contribution in [0.2, 0.25) is 0 Å². The molecule has 5 heteroatoms. The molecule has 0 unspecified atom stereocenters. The first kappa shape index (κ1) is 14.4. The van der Waals surface area contributed by atoms with Crippen molar-refractivity contribution in [3.05, 3.63) is 11.7 Å². The van der Waals surface area contributed by atoms with E-state index >= 15 is 0 Å². The molecule has 0 spiro atoms. The Morgan fingerprint density at radius 3 is 2.55 bits per heavy atom. The molecular formula is C15H25N3OS. The van der Waals surface area contributed by atoms with Crippen LogP contribution in [0.25, 0.3) is 0 Å². The molecule has 2 saturated carbocycles. The quantitative estimate of drug-likeness (QED) is 0.916. The van der Waals surface area contributed by atoms with Crippen molar-refractivity contribution in [1.82, 2.24) is 10.1 Å². The molecule has 1 heterocycles. The van der Waals surface area contributed by atoms with Gasteiger partial charge in [0.1, 0.15) is 0 Å². The maximum absolute atomic E-state index is 6.43. The summed E-state index contributed by atoms with van der Waals surface area (Å²) >= 11 is 1.98. The average Bonchev–Trinajstić information content (AvgIpc) is 2.97. The van der Waals surface area contributed by atoms with Crippen molar-refractivity contribution in [3.63, 3.8) is 0 Å². The molecule has 0 atom stereocenters. The van der Waals surface area contributed by atoms with Crippen LogP contribution >= 0.6 is 11.8 Å². The number of hydrogen-bond donors (Lipinski definition) is 1. The number of nitrogens with zero attached hydrogens (tertiary/aromatic N) is 2. The minimum absolute atomic E-state index is 0.362. The Balaban J connectivity index is 1.56. The van der Waals surface area contributed by atoms with E-state index in [0.717, 1.165) is 29.7 Å². The molecule has 0 amide bonds. The molecule has 112 valence electrons. The molecule has 0 aliphatic heterocycles. The van der Waals surface area contributed by atoms with E-state index < -0.39 is 0 Å². The van der Waals surface area contributed by atoms with Gasteiger partial charge in [-0.2, -0.15) is 16.7 Å². The zero-order chi connectivity index (χ0) is 13.8. The van der Waals surface area contributed by atoms with Crippen LogP contribution in [0.15, 0.2) is 4.52 Å². The van der Waals surface area contributed by atoms with Gasteiger partial charge in [0.05, 0.1) is 11.3 Å². The smallest absolute Gasteiger partial charge is 0.246 e. The summed E-state index contributed by atoms with van der Waals surface area (Å²) in [4.78, 5) is 4.57. The predicted octanol–water partition coefficient (Wildman–Crippen LogP) is 3.75. The number of nitrogens with two attached hydrogens (primary N) is 1. The summed E-state index contributed by atoms with van der Waals surface area (Å²) in [5.41, 5.74) is 6.07. The Morgan fingerprint density at radius 2 is 1.80 bits per heavy atom. The van der Waals surface area contributed by atoms with Crippen LogP contribution in [-0.4, -0.2) is 15.4 Å². The molecule has 2 fully saturated rings. The van der Waals surface area contributed by atoms with Gasteiger partial charge in [0, 0.05) is 5.25 Å². The minimum atomic E-state index is -0.362. The van der Waals surface area contributed by atoms with Gasteiger partial charge in [-0.15, -0.1) is 0 Å². The normalized spacial score (nSPS) is 23.9. The molecule has 0 saturated heterocycles. The van der Waals surface area contributed by atoms with Crippen LogP contribution in [0.4, 0.5) is 0 Å². The third-order valence-electron chi connectivity index (χ3n) is 4.64. The molecule has 2 N–H and O–H groups in total. The highest BCUT2D eigenvalue weighted by molar-refractivity contribution is 7.99. The van der Waals surface area contributed by atoms with E-state index in [1.54, 1.807) is 0 Å². The summed E-state index contributed by atoms with van der Waals surface area (Å²) in [5.74, 6) is 2.35. The fourth-order valence-electron chi connectivity index (χ4n) is 3.34. The molecular weight excluding hydrogens is 270 g/mol. The molecule has 20 heavy (non-hydrogen) atoms. The second-order valence-corrected chi connectivity index (χ2v) is 7.59.